The molecule has 0 bridgehead atoms. The van der Waals surface area contributed by atoms with Crippen LogP contribution in [0.2, 0.25) is 0 Å². The molecule has 0 amide bonds. The predicted octanol–water partition coefficient (Wildman–Crippen LogP) is 1.13. The standard InChI is InChI=1S/C13H21BFNO2/c1-4-11(5-2)16(3)9-10-6-7-13(15)12(8-10)14(17)18/h6-8,11,17-18H,4-5,9H2,1-3H3. The molecule has 0 atom stereocenters. The van der Waals surface area contributed by atoms with Crippen molar-refractivity contribution in [2.75, 3.05) is 7.05 Å². The molecule has 0 unspecified atom stereocenters. The smallest absolute Gasteiger partial charge is 0.423 e. The van der Waals surface area contributed by atoms with Crippen LogP contribution in [0.3, 0.4) is 0 Å². The van der Waals surface area contributed by atoms with E-state index in [-0.39, 0.29) is 5.46 Å². The monoisotopic (exact) mass is 253 g/mol. The van der Waals surface area contributed by atoms with Gasteiger partial charge < -0.3 is 10.0 Å². The molecule has 18 heavy (non-hydrogen) atoms. The van der Waals surface area contributed by atoms with E-state index in [0.717, 1.165) is 18.4 Å². The van der Waals surface area contributed by atoms with Crippen molar-refractivity contribution in [2.45, 2.75) is 39.3 Å². The number of hydrogen-bond donors (Lipinski definition) is 2. The zero-order chi connectivity index (χ0) is 13.7. The summed E-state index contributed by atoms with van der Waals surface area (Å²) in [5.74, 6) is -0.584. The van der Waals surface area contributed by atoms with E-state index in [0.29, 0.717) is 12.6 Å². The lowest BCUT2D eigenvalue weighted by atomic mass is 9.79. The van der Waals surface area contributed by atoms with Crippen molar-refractivity contribution >= 4 is 12.6 Å². The molecule has 0 heterocycles. The van der Waals surface area contributed by atoms with Crippen LogP contribution in [0.15, 0.2) is 18.2 Å². The predicted molar refractivity (Wildman–Crippen MR) is 72.1 cm³/mol. The number of rotatable bonds is 6. The van der Waals surface area contributed by atoms with Crippen LogP contribution in [0.1, 0.15) is 32.3 Å². The van der Waals surface area contributed by atoms with E-state index in [1.807, 2.05) is 7.05 Å². The van der Waals surface area contributed by atoms with Crippen molar-refractivity contribution < 1.29 is 14.4 Å². The van der Waals surface area contributed by atoms with Gasteiger partial charge in [0.15, 0.2) is 0 Å². The maximum atomic E-state index is 13.3. The lowest BCUT2D eigenvalue weighted by molar-refractivity contribution is 0.221. The van der Waals surface area contributed by atoms with Gasteiger partial charge in [0.25, 0.3) is 0 Å². The second-order valence-electron chi connectivity index (χ2n) is 4.61. The van der Waals surface area contributed by atoms with E-state index in [2.05, 4.69) is 18.7 Å². The summed E-state index contributed by atoms with van der Waals surface area (Å²) in [6.07, 6.45) is 2.12. The van der Waals surface area contributed by atoms with Gasteiger partial charge in [-0.05, 0) is 31.5 Å². The molecule has 1 aromatic carbocycles. The molecule has 0 saturated heterocycles. The molecule has 100 valence electrons. The van der Waals surface area contributed by atoms with Gasteiger partial charge in [0.2, 0.25) is 0 Å². The van der Waals surface area contributed by atoms with Gasteiger partial charge in [-0.2, -0.15) is 0 Å². The van der Waals surface area contributed by atoms with Crippen LogP contribution < -0.4 is 5.46 Å². The minimum Gasteiger partial charge on any atom is -0.423 e. The van der Waals surface area contributed by atoms with Gasteiger partial charge in [-0.15, -0.1) is 0 Å². The van der Waals surface area contributed by atoms with E-state index in [4.69, 9.17) is 10.0 Å². The molecule has 5 heteroatoms. The first kappa shape index (κ1) is 15.2. The first-order valence-electron chi connectivity index (χ1n) is 6.34. The van der Waals surface area contributed by atoms with Gasteiger partial charge in [0.1, 0.15) is 5.82 Å². The van der Waals surface area contributed by atoms with Crippen molar-refractivity contribution in [1.29, 1.82) is 0 Å². The average molecular weight is 253 g/mol. The Hall–Kier alpha value is -0.905. The highest BCUT2D eigenvalue weighted by Crippen LogP contribution is 2.11. The highest BCUT2D eigenvalue weighted by atomic mass is 19.1. The molecule has 0 aromatic heterocycles. The van der Waals surface area contributed by atoms with E-state index < -0.39 is 12.9 Å². The van der Waals surface area contributed by atoms with Crippen molar-refractivity contribution in [2.24, 2.45) is 0 Å². The highest BCUT2D eigenvalue weighted by Gasteiger charge is 2.18. The van der Waals surface area contributed by atoms with Crippen LogP contribution in [0, 0.1) is 5.82 Å². The summed E-state index contributed by atoms with van der Waals surface area (Å²) in [5.41, 5.74) is 0.819. The third kappa shape index (κ3) is 3.80. The van der Waals surface area contributed by atoms with Gasteiger partial charge in [-0.3, -0.25) is 4.90 Å². The average Bonchev–Trinajstić information content (AvgIpc) is 2.32. The Bertz CT molecular complexity index is 383. The van der Waals surface area contributed by atoms with Crippen LogP contribution in [0.25, 0.3) is 0 Å². The number of halogens is 1. The Morgan fingerprint density at radius 1 is 1.28 bits per heavy atom. The fraction of sp³-hybridized carbons (Fsp3) is 0.538. The molecule has 0 fully saturated rings. The second kappa shape index (κ2) is 6.88. The largest absolute Gasteiger partial charge is 0.491 e. The van der Waals surface area contributed by atoms with Crippen molar-refractivity contribution in [3.63, 3.8) is 0 Å². The Morgan fingerprint density at radius 3 is 2.39 bits per heavy atom. The molecule has 1 aromatic rings. The molecule has 3 nitrogen and oxygen atoms in total. The molecule has 0 saturated carbocycles. The zero-order valence-electron chi connectivity index (χ0n) is 11.2. The molecular weight excluding hydrogens is 232 g/mol. The molecule has 2 N–H and O–H groups in total. The van der Waals surface area contributed by atoms with Gasteiger partial charge in [0, 0.05) is 18.0 Å². The first-order chi connectivity index (χ1) is 8.49. The lowest BCUT2D eigenvalue weighted by Crippen LogP contribution is -2.34. The van der Waals surface area contributed by atoms with Gasteiger partial charge in [-0.1, -0.05) is 26.0 Å². The SMILES string of the molecule is CCC(CC)N(C)Cc1ccc(F)c(B(O)O)c1. The number of nitrogens with zero attached hydrogens (tertiary/aromatic N) is 1. The van der Waals surface area contributed by atoms with Crippen LogP contribution in [0.5, 0.6) is 0 Å². The number of benzene rings is 1. The maximum absolute atomic E-state index is 13.3. The van der Waals surface area contributed by atoms with Gasteiger partial charge in [0.05, 0.1) is 0 Å². The van der Waals surface area contributed by atoms with Crippen molar-refractivity contribution in [3.8, 4) is 0 Å². The molecule has 0 aliphatic heterocycles. The minimum atomic E-state index is -1.76. The third-order valence-electron chi connectivity index (χ3n) is 3.34. The topological polar surface area (TPSA) is 43.7 Å². The van der Waals surface area contributed by atoms with E-state index in [1.165, 1.54) is 12.1 Å². The summed E-state index contributed by atoms with van der Waals surface area (Å²) in [6, 6.07) is 4.96. The second-order valence-corrected chi connectivity index (χ2v) is 4.61. The first-order valence-corrected chi connectivity index (χ1v) is 6.34. The molecule has 0 aliphatic rings. The molecule has 0 spiro atoms. The number of hydrogen-bond acceptors (Lipinski definition) is 3. The Morgan fingerprint density at radius 2 is 1.89 bits per heavy atom. The summed E-state index contributed by atoms with van der Waals surface area (Å²) < 4.78 is 13.3. The normalized spacial score (nSPS) is 11.3. The van der Waals surface area contributed by atoms with Crippen molar-refractivity contribution in [1.82, 2.24) is 4.90 Å². The van der Waals surface area contributed by atoms with Crippen LogP contribution in [-0.4, -0.2) is 35.2 Å². The fourth-order valence-electron chi connectivity index (χ4n) is 2.22. The Balaban J connectivity index is 2.82. The summed E-state index contributed by atoms with van der Waals surface area (Å²) in [7, 11) is 0.263. The van der Waals surface area contributed by atoms with E-state index in [9.17, 15) is 4.39 Å². The fourth-order valence-corrected chi connectivity index (χ4v) is 2.22. The van der Waals surface area contributed by atoms with Gasteiger partial charge in [-0.25, -0.2) is 4.39 Å². The Labute approximate surface area is 108 Å². The highest BCUT2D eigenvalue weighted by molar-refractivity contribution is 6.58. The molecule has 0 radical (unpaired) electrons. The summed E-state index contributed by atoms with van der Waals surface area (Å²) >= 11 is 0. The van der Waals surface area contributed by atoms with E-state index in [1.54, 1.807) is 6.07 Å². The van der Waals surface area contributed by atoms with Gasteiger partial charge >= 0.3 is 7.12 Å². The van der Waals surface area contributed by atoms with E-state index >= 15 is 0 Å². The zero-order valence-corrected chi connectivity index (χ0v) is 11.2. The minimum absolute atomic E-state index is 0.0644. The summed E-state index contributed by atoms with van der Waals surface area (Å²) in [4.78, 5) is 2.20. The van der Waals surface area contributed by atoms with Crippen LogP contribution in [-0.2, 0) is 6.54 Å². The lowest BCUT2D eigenvalue weighted by Gasteiger charge is -2.26. The summed E-state index contributed by atoms with van der Waals surface area (Å²) in [5, 5.41) is 18.1. The maximum Gasteiger partial charge on any atom is 0.491 e. The molecule has 0 aliphatic carbocycles. The quantitative estimate of drug-likeness (QED) is 0.747. The third-order valence-corrected chi connectivity index (χ3v) is 3.34. The van der Waals surface area contributed by atoms with Crippen LogP contribution in [0.4, 0.5) is 4.39 Å². The Kier molecular flexibility index (Phi) is 5.79. The summed E-state index contributed by atoms with van der Waals surface area (Å²) in [6.45, 7) is 4.95. The molecular formula is C13H21BFNO2. The van der Waals surface area contributed by atoms with Crippen molar-refractivity contribution in [3.05, 3.63) is 29.6 Å². The molecule has 1 rings (SSSR count). The van der Waals surface area contributed by atoms with Crippen LogP contribution >= 0.6 is 0 Å².